The first-order valence-corrected chi connectivity index (χ1v) is 8.80. The molecule has 0 atom stereocenters. The molecule has 0 aliphatic carbocycles. The Kier molecular flexibility index (Phi) is 6.03. The Balaban J connectivity index is 1.62. The Labute approximate surface area is 155 Å². The molecule has 0 aliphatic rings. The average molecular weight is 378 g/mol. The third-order valence-corrected chi connectivity index (χ3v) is 3.86. The fourth-order valence-electron chi connectivity index (χ4n) is 2.31. The predicted molar refractivity (Wildman–Crippen MR) is 102 cm³/mol. The minimum atomic E-state index is 0.563. The van der Waals surface area contributed by atoms with Gasteiger partial charge in [-0.25, -0.2) is 0 Å². The van der Waals surface area contributed by atoms with Crippen LogP contribution in [-0.4, -0.2) is 50.9 Å². The van der Waals surface area contributed by atoms with Gasteiger partial charge in [0.25, 0.3) is 0 Å². The highest BCUT2D eigenvalue weighted by Gasteiger charge is 2.04. The van der Waals surface area contributed by atoms with Gasteiger partial charge in [-0.2, -0.15) is 9.62 Å². The van der Waals surface area contributed by atoms with Crippen molar-refractivity contribution in [3.8, 4) is 0 Å². The molecule has 0 saturated carbocycles. The maximum Gasteiger partial charge on any atom is 0.177 e. The quantitative estimate of drug-likeness (QED) is 0.371. The van der Waals surface area contributed by atoms with Crippen molar-refractivity contribution in [2.45, 2.75) is 0 Å². The number of nitrogens with one attached hydrogen (secondary N) is 1. The molecule has 0 bridgehead atoms. The summed E-state index contributed by atoms with van der Waals surface area (Å²) < 4.78 is 1.58. The van der Waals surface area contributed by atoms with E-state index in [2.05, 4.69) is 30.7 Å². The summed E-state index contributed by atoms with van der Waals surface area (Å²) >= 11 is 11.7. The molecule has 7 nitrogen and oxygen atoms in total. The lowest BCUT2D eigenvalue weighted by Crippen LogP contribution is -2.27. The molecule has 0 fully saturated rings. The molecule has 0 amide bonds. The van der Waals surface area contributed by atoms with Crippen LogP contribution in [0.5, 0.6) is 0 Å². The highest BCUT2D eigenvalue weighted by atomic mass is 35.5. The van der Waals surface area contributed by atoms with Crippen molar-refractivity contribution in [3.63, 3.8) is 0 Å². The van der Waals surface area contributed by atoms with E-state index in [0.29, 0.717) is 23.2 Å². The number of hydrazone groups is 1. The maximum absolute atomic E-state index is 5.84. The van der Waals surface area contributed by atoms with E-state index in [9.17, 15) is 0 Å². The van der Waals surface area contributed by atoms with Crippen LogP contribution in [0.3, 0.4) is 0 Å². The van der Waals surface area contributed by atoms with Crippen LogP contribution < -0.4 is 10.3 Å². The van der Waals surface area contributed by atoms with Crippen LogP contribution in [0.4, 0.5) is 11.5 Å². The van der Waals surface area contributed by atoms with Crippen molar-refractivity contribution < 1.29 is 0 Å². The summed E-state index contributed by atoms with van der Waals surface area (Å²) in [6.45, 7) is 1.53. The molecular formula is C16H17Cl2N7. The summed E-state index contributed by atoms with van der Waals surface area (Å²) in [6.07, 6.45) is 3.27. The number of rotatable bonds is 8. The molecule has 0 unspecified atom stereocenters. The van der Waals surface area contributed by atoms with Gasteiger partial charge in [0.1, 0.15) is 6.33 Å². The van der Waals surface area contributed by atoms with Gasteiger partial charge in [-0.15, -0.1) is 38.5 Å². The second-order valence-corrected chi connectivity index (χ2v) is 5.93. The molecule has 0 aliphatic heterocycles. The van der Waals surface area contributed by atoms with Gasteiger partial charge in [-0.1, -0.05) is 12.1 Å². The summed E-state index contributed by atoms with van der Waals surface area (Å²) in [5.74, 6) is 1.73. The van der Waals surface area contributed by atoms with Crippen LogP contribution in [0, 0.1) is 0 Å². The van der Waals surface area contributed by atoms with Crippen molar-refractivity contribution in [3.05, 3.63) is 48.3 Å². The van der Waals surface area contributed by atoms with Crippen LogP contribution in [0.25, 0.3) is 5.65 Å². The highest BCUT2D eigenvalue weighted by molar-refractivity contribution is 6.18. The minimum absolute atomic E-state index is 0.563. The number of anilines is 2. The summed E-state index contributed by atoms with van der Waals surface area (Å²) in [4.78, 5) is 2.15. The first-order chi connectivity index (χ1) is 12.3. The van der Waals surface area contributed by atoms with Crippen LogP contribution in [0.2, 0.25) is 0 Å². The van der Waals surface area contributed by atoms with E-state index in [1.165, 1.54) is 6.33 Å². The van der Waals surface area contributed by atoms with Crippen LogP contribution in [0.1, 0.15) is 5.56 Å². The highest BCUT2D eigenvalue weighted by Crippen LogP contribution is 2.15. The molecule has 1 N–H and O–H groups in total. The van der Waals surface area contributed by atoms with Crippen molar-refractivity contribution in [1.82, 2.24) is 19.8 Å². The zero-order chi connectivity index (χ0) is 17.5. The first-order valence-electron chi connectivity index (χ1n) is 7.73. The Hall–Kier alpha value is -2.38. The van der Waals surface area contributed by atoms with E-state index in [1.807, 2.05) is 30.3 Å². The standard InChI is InChI=1S/C16H17Cl2N7/c17-7-9-24(10-8-18)14-3-1-13(2-4-14)11-19-21-15-5-6-16-22-20-12-25(16)23-15/h1-6,11-12H,7-10H2,(H,21,23)/b19-11+. The van der Waals surface area contributed by atoms with E-state index >= 15 is 0 Å². The Morgan fingerprint density at radius 2 is 1.84 bits per heavy atom. The summed E-state index contributed by atoms with van der Waals surface area (Å²) in [6, 6.07) is 11.7. The van der Waals surface area contributed by atoms with Crippen molar-refractivity contribution in [2.24, 2.45) is 5.10 Å². The molecule has 0 saturated heterocycles. The third kappa shape index (κ3) is 4.58. The molecule has 0 spiro atoms. The number of hydrogen-bond acceptors (Lipinski definition) is 6. The maximum atomic E-state index is 5.84. The van der Waals surface area contributed by atoms with Crippen molar-refractivity contribution in [2.75, 3.05) is 35.2 Å². The number of nitrogens with zero attached hydrogens (tertiary/aromatic N) is 6. The first kappa shape index (κ1) is 17.4. The monoisotopic (exact) mass is 377 g/mol. The molecule has 25 heavy (non-hydrogen) atoms. The molecular weight excluding hydrogens is 361 g/mol. The topological polar surface area (TPSA) is 70.7 Å². The lowest BCUT2D eigenvalue weighted by molar-refractivity contribution is 0.874. The van der Waals surface area contributed by atoms with E-state index in [1.54, 1.807) is 16.8 Å². The Morgan fingerprint density at radius 3 is 2.56 bits per heavy atom. The number of fused-ring (bicyclic) bond motifs is 1. The van der Waals surface area contributed by atoms with Gasteiger partial charge in [-0.3, -0.25) is 5.43 Å². The number of hydrogen-bond donors (Lipinski definition) is 1. The lowest BCUT2D eigenvalue weighted by Gasteiger charge is -2.22. The fraction of sp³-hybridized carbons (Fsp3) is 0.250. The van der Waals surface area contributed by atoms with Gasteiger partial charge >= 0.3 is 0 Å². The molecule has 2 aromatic heterocycles. The summed E-state index contributed by atoms with van der Waals surface area (Å²) in [5.41, 5.74) is 5.63. The number of benzene rings is 1. The largest absolute Gasteiger partial charge is 0.369 e. The molecule has 0 radical (unpaired) electrons. The number of alkyl halides is 2. The SMILES string of the molecule is ClCCN(CCCl)c1ccc(/C=N/Nc2ccc3nncn3n2)cc1. The fourth-order valence-corrected chi connectivity index (χ4v) is 2.71. The molecule has 3 rings (SSSR count). The molecule has 1 aromatic carbocycles. The number of aromatic nitrogens is 4. The summed E-state index contributed by atoms with van der Waals surface area (Å²) in [5, 5.41) is 16.2. The number of halogens is 2. The van der Waals surface area contributed by atoms with E-state index < -0.39 is 0 Å². The third-order valence-electron chi connectivity index (χ3n) is 3.52. The molecule has 9 heteroatoms. The van der Waals surface area contributed by atoms with Crippen LogP contribution in [0.15, 0.2) is 47.8 Å². The minimum Gasteiger partial charge on any atom is -0.369 e. The van der Waals surface area contributed by atoms with Crippen LogP contribution in [-0.2, 0) is 0 Å². The van der Waals surface area contributed by atoms with E-state index in [4.69, 9.17) is 23.2 Å². The zero-order valence-corrected chi connectivity index (χ0v) is 14.9. The molecule has 2 heterocycles. The van der Waals surface area contributed by atoms with E-state index in [0.717, 1.165) is 24.3 Å². The second kappa shape index (κ2) is 8.64. The second-order valence-electron chi connectivity index (χ2n) is 5.18. The molecule has 3 aromatic rings. The molecule has 130 valence electrons. The average Bonchev–Trinajstić information content (AvgIpc) is 3.10. The van der Waals surface area contributed by atoms with Crippen LogP contribution >= 0.6 is 23.2 Å². The van der Waals surface area contributed by atoms with Gasteiger partial charge in [0.2, 0.25) is 0 Å². The van der Waals surface area contributed by atoms with Gasteiger partial charge in [0.15, 0.2) is 11.5 Å². The Morgan fingerprint density at radius 1 is 1.08 bits per heavy atom. The smallest absolute Gasteiger partial charge is 0.177 e. The normalized spacial score (nSPS) is 11.3. The van der Waals surface area contributed by atoms with Gasteiger partial charge in [-0.05, 0) is 29.8 Å². The lowest BCUT2D eigenvalue weighted by atomic mass is 10.2. The van der Waals surface area contributed by atoms with Gasteiger partial charge in [0, 0.05) is 30.5 Å². The predicted octanol–water partition coefficient (Wildman–Crippen LogP) is 2.85. The Bertz CT molecular complexity index is 826. The van der Waals surface area contributed by atoms with E-state index in [-0.39, 0.29) is 0 Å². The van der Waals surface area contributed by atoms with Gasteiger partial charge in [0.05, 0.1) is 6.21 Å². The van der Waals surface area contributed by atoms with Crippen molar-refractivity contribution >= 4 is 46.6 Å². The van der Waals surface area contributed by atoms with Crippen molar-refractivity contribution in [1.29, 1.82) is 0 Å². The summed E-state index contributed by atoms with van der Waals surface area (Å²) in [7, 11) is 0. The zero-order valence-electron chi connectivity index (χ0n) is 13.4. The van der Waals surface area contributed by atoms with Gasteiger partial charge < -0.3 is 4.90 Å².